The maximum absolute atomic E-state index is 9.80. The van der Waals surface area contributed by atoms with Crippen molar-refractivity contribution >= 4 is 0 Å². The highest BCUT2D eigenvalue weighted by Crippen LogP contribution is 2.46. The molecule has 0 heterocycles. The second kappa shape index (κ2) is 6.76. The third kappa shape index (κ3) is 3.05. The molecule has 3 atom stereocenters. The van der Waals surface area contributed by atoms with Crippen LogP contribution in [-0.2, 0) is 4.74 Å². The molecule has 118 valence electrons. The Balaban J connectivity index is 1.87. The van der Waals surface area contributed by atoms with Crippen LogP contribution in [0.4, 0.5) is 0 Å². The van der Waals surface area contributed by atoms with Crippen molar-refractivity contribution in [1.29, 1.82) is 0 Å². The van der Waals surface area contributed by atoms with Crippen molar-refractivity contribution in [2.24, 2.45) is 10.8 Å². The minimum atomic E-state index is 0.142. The lowest BCUT2D eigenvalue weighted by Gasteiger charge is -2.54. The van der Waals surface area contributed by atoms with Gasteiger partial charge in [0, 0.05) is 36.6 Å². The van der Waals surface area contributed by atoms with E-state index >= 15 is 0 Å². The topological polar surface area (TPSA) is 41.5 Å². The third-order valence-corrected chi connectivity index (χ3v) is 6.08. The number of ether oxygens (including phenoxy) is 1. The Kier molecular flexibility index (Phi) is 5.49. The number of hydrogen-bond donors (Lipinski definition) is 2. The van der Waals surface area contributed by atoms with E-state index in [1.54, 1.807) is 0 Å². The number of nitrogens with one attached hydrogen (secondary N) is 1. The summed E-state index contributed by atoms with van der Waals surface area (Å²) in [5, 5.41) is 13.6. The minimum absolute atomic E-state index is 0.142. The molecule has 3 heteroatoms. The van der Waals surface area contributed by atoms with E-state index < -0.39 is 0 Å². The van der Waals surface area contributed by atoms with Gasteiger partial charge in [0.1, 0.15) is 0 Å². The van der Waals surface area contributed by atoms with Crippen molar-refractivity contribution in [1.82, 2.24) is 5.32 Å². The molecule has 0 radical (unpaired) electrons. The van der Waals surface area contributed by atoms with E-state index in [1.165, 1.54) is 32.1 Å². The van der Waals surface area contributed by atoms with Gasteiger partial charge in [0.25, 0.3) is 0 Å². The average Bonchev–Trinajstić information content (AvgIpc) is 2.50. The average molecular weight is 283 g/mol. The normalized spacial score (nSPS) is 36.6. The first kappa shape index (κ1) is 16.3. The van der Waals surface area contributed by atoms with Crippen LogP contribution < -0.4 is 5.32 Å². The highest BCUT2D eigenvalue weighted by molar-refractivity contribution is 5.05. The van der Waals surface area contributed by atoms with E-state index in [0.29, 0.717) is 18.8 Å². The van der Waals surface area contributed by atoms with Crippen LogP contribution >= 0.6 is 0 Å². The third-order valence-electron chi connectivity index (χ3n) is 6.08. The Labute approximate surface area is 124 Å². The smallest absolute Gasteiger partial charge is 0.0658 e. The highest BCUT2D eigenvalue weighted by Gasteiger charge is 2.51. The molecule has 0 amide bonds. The van der Waals surface area contributed by atoms with Crippen LogP contribution in [0.15, 0.2) is 0 Å². The van der Waals surface area contributed by atoms with Crippen molar-refractivity contribution in [3.8, 4) is 0 Å². The number of rotatable bonds is 7. The fraction of sp³-hybridized carbons (Fsp3) is 1.00. The standard InChI is InChI=1S/C17H33NO2/c1-4-16(3)14(11-15(16)20-5-2)18-12-17(13-19)9-7-6-8-10-17/h14-15,18-19H,4-13H2,1-3H3. The molecule has 2 aliphatic carbocycles. The zero-order chi connectivity index (χ0) is 14.6. The fourth-order valence-electron chi connectivity index (χ4n) is 4.10. The largest absolute Gasteiger partial charge is 0.396 e. The molecule has 0 spiro atoms. The van der Waals surface area contributed by atoms with E-state index in [4.69, 9.17) is 4.74 Å². The summed E-state index contributed by atoms with van der Waals surface area (Å²) in [5.74, 6) is 0. The van der Waals surface area contributed by atoms with E-state index in [1.807, 2.05) is 0 Å². The molecular formula is C17H33NO2. The van der Waals surface area contributed by atoms with E-state index in [2.05, 4.69) is 26.1 Å². The van der Waals surface area contributed by atoms with Crippen LogP contribution in [0.2, 0.25) is 0 Å². The quantitative estimate of drug-likeness (QED) is 0.754. The maximum atomic E-state index is 9.80. The summed E-state index contributed by atoms with van der Waals surface area (Å²) >= 11 is 0. The van der Waals surface area contributed by atoms with Crippen molar-refractivity contribution < 1.29 is 9.84 Å². The zero-order valence-corrected chi connectivity index (χ0v) is 13.6. The molecule has 2 fully saturated rings. The molecule has 2 N–H and O–H groups in total. The maximum Gasteiger partial charge on any atom is 0.0658 e. The summed E-state index contributed by atoms with van der Waals surface area (Å²) in [6.07, 6.45) is 8.94. The van der Waals surface area contributed by atoms with Gasteiger partial charge >= 0.3 is 0 Å². The first-order valence-electron chi connectivity index (χ1n) is 8.56. The van der Waals surface area contributed by atoms with Gasteiger partial charge in [0.15, 0.2) is 0 Å². The predicted octanol–water partition coefficient (Wildman–Crippen LogP) is 3.11. The lowest BCUT2D eigenvalue weighted by molar-refractivity contribution is -0.128. The van der Waals surface area contributed by atoms with Gasteiger partial charge in [-0.15, -0.1) is 0 Å². The summed E-state index contributed by atoms with van der Waals surface area (Å²) < 4.78 is 5.87. The molecule has 2 rings (SSSR count). The van der Waals surface area contributed by atoms with E-state index in [0.717, 1.165) is 26.0 Å². The molecule has 0 aliphatic heterocycles. The second-order valence-electron chi connectivity index (χ2n) is 7.19. The Morgan fingerprint density at radius 1 is 1.20 bits per heavy atom. The molecule has 20 heavy (non-hydrogen) atoms. The first-order chi connectivity index (χ1) is 9.60. The van der Waals surface area contributed by atoms with Crippen molar-refractivity contribution in [3.05, 3.63) is 0 Å². The summed E-state index contributed by atoms with van der Waals surface area (Å²) in [5.41, 5.74) is 0.408. The molecule has 0 bridgehead atoms. The fourth-order valence-corrected chi connectivity index (χ4v) is 4.10. The molecule has 0 aromatic carbocycles. The van der Waals surface area contributed by atoms with Crippen LogP contribution in [0.5, 0.6) is 0 Å². The molecule has 2 saturated carbocycles. The monoisotopic (exact) mass is 283 g/mol. The number of aliphatic hydroxyl groups is 1. The second-order valence-corrected chi connectivity index (χ2v) is 7.19. The van der Waals surface area contributed by atoms with Crippen LogP contribution in [-0.4, -0.2) is 37.0 Å². The summed E-state index contributed by atoms with van der Waals surface area (Å²) in [7, 11) is 0. The SMILES string of the molecule is CCOC1CC(NCC2(CO)CCCCC2)C1(C)CC. The Morgan fingerprint density at radius 3 is 2.45 bits per heavy atom. The summed E-state index contributed by atoms with van der Waals surface area (Å²) in [6, 6.07) is 0.550. The highest BCUT2D eigenvalue weighted by atomic mass is 16.5. The van der Waals surface area contributed by atoms with Crippen LogP contribution in [0.25, 0.3) is 0 Å². The first-order valence-corrected chi connectivity index (χ1v) is 8.56. The van der Waals surface area contributed by atoms with Crippen LogP contribution in [0.3, 0.4) is 0 Å². The lowest BCUT2D eigenvalue weighted by Crippen LogP contribution is -2.63. The summed E-state index contributed by atoms with van der Waals surface area (Å²) in [4.78, 5) is 0. The van der Waals surface area contributed by atoms with Gasteiger partial charge in [0.05, 0.1) is 6.10 Å². The number of hydrogen-bond acceptors (Lipinski definition) is 3. The van der Waals surface area contributed by atoms with Gasteiger partial charge < -0.3 is 15.2 Å². The zero-order valence-electron chi connectivity index (χ0n) is 13.6. The molecule has 0 aromatic rings. The van der Waals surface area contributed by atoms with E-state index in [9.17, 15) is 5.11 Å². The lowest BCUT2D eigenvalue weighted by atomic mass is 9.61. The van der Waals surface area contributed by atoms with Crippen LogP contribution in [0, 0.1) is 10.8 Å². The summed E-state index contributed by atoms with van der Waals surface area (Å²) in [6.45, 7) is 8.82. The predicted molar refractivity (Wildman–Crippen MR) is 82.8 cm³/mol. The van der Waals surface area contributed by atoms with Gasteiger partial charge in [-0.25, -0.2) is 0 Å². The minimum Gasteiger partial charge on any atom is -0.396 e. The van der Waals surface area contributed by atoms with Crippen molar-refractivity contribution in [2.75, 3.05) is 19.8 Å². The van der Waals surface area contributed by atoms with Gasteiger partial charge in [0.2, 0.25) is 0 Å². The van der Waals surface area contributed by atoms with Crippen LogP contribution in [0.1, 0.15) is 65.7 Å². The molecule has 0 saturated heterocycles. The van der Waals surface area contributed by atoms with E-state index in [-0.39, 0.29) is 10.8 Å². The Hall–Kier alpha value is -0.120. The molecule has 2 aliphatic rings. The Morgan fingerprint density at radius 2 is 1.90 bits per heavy atom. The molecule has 3 nitrogen and oxygen atoms in total. The van der Waals surface area contributed by atoms with Gasteiger partial charge in [-0.05, 0) is 32.6 Å². The van der Waals surface area contributed by atoms with Gasteiger partial charge in [-0.1, -0.05) is 33.1 Å². The van der Waals surface area contributed by atoms with Gasteiger partial charge in [-0.2, -0.15) is 0 Å². The molecule has 3 unspecified atom stereocenters. The number of aliphatic hydroxyl groups excluding tert-OH is 1. The van der Waals surface area contributed by atoms with Crippen molar-refractivity contribution in [3.63, 3.8) is 0 Å². The molecular weight excluding hydrogens is 250 g/mol. The molecule has 0 aromatic heterocycles. The van der Waals surface area contributed by atoms with Crippen molar-refractivity contribution in [2.45, 2.75) is 77.9 Å². The Bertz CT molecular complexity index is 301. The van der Waals surface area contributed by atoms with Gasteiger partial charge in [-0.3, -0.25) is 0 Å².